The van der Waals surface area contributed by atoms with Crippen LogP contribution in [0.3, 0.4) is 0 Å². The van der Waals surface area contributed by atoms with E-state index in [9.17, 15) is 9.59 Å². The number of likely N-dealkylation sites (N-methyl/N-ethyl adjacent to an activating group) is 1. The van der Waals surface area contributed by atoms with E-state index in [0.29, 0.717) is 29.7 Å². The quantitative estimate of drug-likeness (QED) is 0.157. The number of amides is 1. The van der Waals surface area contributed by atoms with Crippen LogP contribution < -0.4 is 4.90 Å². The van der Waals surface area contributed by atoms with Crippen molar-refractivity contribution in [3.63, 3.8) is 0 Å². The van der Waals surface area contributed by atoms with Gasteiger partial charge in [-0.1, -0.05) is 104 Å². The van der Waals surface area contributed by atoms with Crippen molar-refractivity contribution in [1.82, 2.24) is 4.90 Å². The van der Waals surface area contributed by atoms with Gasteiger partial charge in [-0.2, -0.15) is 0 Å². The number of Topliss-reactive ketones (excluding diaryl/α,β-unsaturated/α-hetero) is 1. The minimum Gasteiger partial charge on any atom is -0.371 e. The average molecular weight is 614 g/mol. The van der Waals surface area contributed by atoms with Gasteiger partial charge in [-0.05, 0) is 74.3 Å². The van der Waals surface area contributed by atoms with Crippen LogP contribution in [0.15, 0.2) is 53.0 Å². The van der Waals surface area contributed by atoms with E-state index in [-0.39, 0.29) is 17.3 Å². The van der Waals surface area contributed by atoms with E-state index in [1.807, 2.05) is 24.3 Å². The lowest BCUT2D eigenvalue weighted by Crippen LogP contribution is -2.34. The van der Waals surface area contributed by atoms with Crippen molar-refractivity contribution in [1.29, 1.82) is 0 Å². The fourth-order valence-electron chi connectivity index (χ4n) is 6.44. The van der Waals surface area contributed by atoms with Crippen LogP contribution in [0.2, 0.25) is 0 Å². The largest absolute Gasteiger partial charge is 0.371 e. The fraction of sp³-hybridized carbons (Fsp3) is 0.575. The molecular formula is C40H59N3O2. The molecule has 1 amide bonds. The highest BCUT2D eigenvalue weighted by Gasteiger charge is 2.30. The molecule has 0 heterocycles. The van der Waals surface area contributed by atoms with Gasteiger partial charge in [0.2, 0.25) is 0 Å². The van der Waals surface area contributed by atoms with Gasteiger partial charge in [-0.3, -0.25) is 9.59 Å². The molecule has 0 N–H and O–H groups in total. The number of nitrogens with zero attached hydrogens (tertiary/aromatic N) is 3. The summed E-state index contributed by atoms with van der Waals surface area (Å²) < 4.78 is 0. The van der Waals surface area contributed by atoms with Crippen molar-refractivity contribution in [2.24, 2.45) is 16.8 Å². The number of anilines is 1. The summed E-state index contributed by atoms with van der Waals surface area (Å²) in [7, 11) is 1.78. The van der Waals surface area contributed by atoms with Crippen molar-refractivity contribution in [2.45, 2.75) is 113 Å². The molecule has 2 atom stereocenters. The second-order valence-corrected chi connectivity index (χ2v) is 13.2. The molecule has 5 heteroatoms. The van der Waals surface area contributed by atoms with Crippen LogP contribution in [-0.2, 0) is 4.79 Å². The van der Waals surface area contributed by atoms with Gasteiger partial charge in [0, 0.05) is 43.5 Å². The Hall–Kier alpha value is -3.21. The van der Waals surface area contributed by atoms with E-state index in [0.717, 1.165) is 48.3 Å². The number of carbonyl (C=O) groups is 2. The first kappa shape index (κ1) is 36.3. The number of benzene rings is 2. The topological polar surface area (TPSA) is 53.0 Å². The molecule has 0 aliphatic heterocycles. The Morgan fingerprint density at radius 2 is 1.33 bits per heavy atom. The Kier molecular flexibility index (Phi) is 14.6. The summed E-state index contributed by atoms with van der Waals surface area (Å²) in [6, 6.07) is 12.1. The van der Waals surface area contributed by atoms with E-state index in [4.69, 9.17) is 4.99 Å². The number of allylic oxidation sites excluding steroid dienone is 1. The highest BCUT2D eigenvalue weighted by Crippen LogP contribution is 2.34. The van der Waals surface area contributed by atoms with E-state index in [1.54, 1.807) is 18.0 Å². The van der Waals surface area contributed by atoms with Crippen molar-refractivity contribution >= 4 is 28.8 Å². The lowest BCUT2D eigenvalue weighted by Gasteiger charge is -2.33. The number of hydrogen-bond donors (Lipinski definition) is 0. The predicted molar refractivity (Wildman–Crippen MR) is 192 cm³/mol. The smallest absolute Gasteiger partial charge is 0.257 e. The maximum atomic E-state index is 13.5. The Bertz CT molecular complexity index is 1300. The highest BCUT2D eigenvalue weighted by molar-refractivity contribution is 6.35. The molecule has 1 aliphatic carbocycles. The van der Waals surface area contributed by atoms with Gasteiger partial charge in [0.15, 0.2) is 5.78 Å². The monoisotopic (exact) mass is 613 g/mol. The van der Waals surface area contributed by atoms with E-state index in [2.05, 4.69) is 65.5 Å². The van der Waals surface area contributed by atoms with Crippen molar-refractivity contribution < 1.29 is 9.59 Å². The average Bonchev–Trinajstić information content (AvgIpc) is 3.05. The summed E-state index contributed by atoms with van der Waals surface area (Å²) in [4.78, 5) is 36.4. The van der Waals surface area contributed by atoms with Crippen LogP contribution in [-0.4, -0.2) is 49.0 Å². The first-order chi connectivity index (χ1) is 21.7. The second-order valence-electron chi connectivity index (χ2n) is 13.2. The van der Waals surface area contributed by atoms with E-state index in [1.165, 1.54) is 57.1 Å². The lowest BCUT2D eigenvalue weighted by molar-refractivity contribution is -0.125. The standard InChI is InChI=1S/C40H59N3O2/c1-9-14-19-31(12-4)27-43(28-32(13-5)20-15-10-2)33-24-29(6)38(30(7)25-33)41-37-26-36(40(45)42(8)23-16-11-3)39(44)35-22-18-17-21-34(35)37/h17-18,21-22,24-26,31-32H,9-16,19-20,23,27-28H2,1-8H3. The van der Waals surface area contributed by atoms with Crippen LogP contribution >= 0.6 is 0 Å². The fourth-order valence-corrected chi connectivity index (χ4v) is 6.44. The summed E-state index contributed by atoms with van der Waals surface area (Å²) in [5, 5.41) is 0. The third-order valence-electron chi connectivity index (χ3n) is 9.51. The number of unbranched alkanes of at least 4 members (excludes halogenated alkanes) is 3. The van der Waals surface area contributed by atoms with Crippen LogP contribution in [0.4, 0.5) is 11.4 Å². The van der Waals surface area contributed by atoms with Crippen molar-refractivity contribution in [3.05, 3.63) is 70.3 Å². The Morgan fingerprint density at radius 1 is 0.800 bits per heavy atom. The molecule has 0 fully saturated rings. The molecule has 0 radical (unpaired) electrons. The zero-order valence-corrected chi connectivity index (χ0v) is 29.5. The first-order valence-electron chi connectivity index (χ1n) is 17.7. The molecule has 1 aliphatic rings. The molecule has 0 spiro atoms. The van der Waals surface area contributed by atoms with E-state index < -0.39 is 0 Å². The molecule has 0 saturated heterocycles. The summed E-state index contributed by atoms with van der Waals surface area (Å²) in [5.41, 5.74) is 6.60. The Labute approximate surface area is 274 Å². The van der Waals surface area contributed by atoms with E-state index >= 15 is 0 Å². The zero-order chi connectivity index (χ0) is 32.9. The number of ketones is 1. The van der Waals surface area contributed by atoms with Gasteiger partial charge in [-0.25, -0.2) is 4.99 Å². The minimum atomic E-state index is -0.239. The predicted octanol–water partition coefficient (Wildman–Crippen LogP) is 10.0. The number of hydrogen-bond acceptors (Lipinski definition) is 4. The van der Waals surface area contributed by atoms with Crippen molar-refractivity contribution in [3.8, 4) is 0 Å². The summed E-state index contributed by atoms with van der Waals surface area (Å²) in [6.07, 6.45) is 13.6. The van der Waals surface area contributed by atoms with Crippen LogP contribution in [0, 0.1) is 25.7 Å². The van der Waals surface area contributed by atoms with Crippen LogP contribution in [0.1, 0.15) is 126 Å². The number of fused-ring (bicyclic) bond motifs is 1. The van der Waals surface area contributed by atoms with Gasteiger partial charge in [0.05, 0.1) is 17.0 Å². The van der Waals surface area contributed by atoms with Gasteiger partial charge in [0.25, 0.3) is 5.91 Å². The maximum Gasteiger partial charge on any atom is 0.257 e. The van der Waals surface area contributed by atoms with Crippen LogP contribution in [0.5, 0.6) is 0 Å². The third kappa shape index (κ3) is 9.64. The molecule has 0 aromatic heterocycles. The van der Waals surface area contributed by atoms with Gasteiger partial charge < -0.3 is 9.80 Å². The number of carbonyl (C=O) groups excluding carboxylic acids is 2. The maximum absolute atomic E-state index is 13.5. The molecular weight excluding hydrogens is 554 g/mol. The number of aryl methyl sites for hydroxylation is 2. The normalized spacial score (nSPS) is 15.1. The molecule has 0 saturated carbocycles. The van der Waals surface area contributed by atoms with Gasteiger partial charge in [-0.15, -0.1) is 0 Å². The molecule has 2 aromatic rings. The molecule has 45 heavy (non-hydrogen) atoms. The molecule has 2 unspecified atom stereocenters. The number of aliphatic imine (C=N–C) groups is 1. The molecule has 246 valence electrons. The summed E-state index contributed by atoms with van der Waals surface area (Å²) in [5.74, 6) is 0.903. The van der Waals surface area contributed by atoms with Crippen molar-refractivity contribution in [2.75, 3.05) is 31.6 Å². The van der Waals surface area contributed by atoms with Gasteiger partial charge in [0.1, 0.15) is 0 Å². The second kappa shape index (κ2) is 18.1. The highest BCUT2D eigenvalue weighted by atomic mass is 16.2. The summed E-state index contributed by atoms with van der Waals surface area (Å²) in [6.45, 7) is 18.4. The zero-order valence-electron chi connectivity index (χ0n) is 29.5. The van der Waals surface area contributed by atoms with Gasteiger partial charge >= 0.3 is 0 Å². The minimum absolute atomic E-state index is 0.194. The third-order valence-corrected chi connectivity index (χ3v) is 9.51. The molecule has 0 bridgehead atoms. The Balaban J connectivity index is 2.05. The molecule has 3 rings (SSSR count). The summed E-state index contributed by atoms with van der Waals surface area (Å²) >= 11 is 0. The Morgan fingerprint density at radius 3 is 1.84 bits per heavy atom. The molecule has 5 nitrogen and oxygen atoms in total. The lowest BCUT2D eigenvalue weighted by atomic mass is 9.88. The van der Waals surface area contributed by atoms with Crippen LogP contribution in [0.25, 0.3) is 0 Å². The first-order valence-corrected chi connectivity index (χ1v) is 17.7. The molecule has 2 aromatic carbocycles. The SMILES string of the molecule is CCCCC(CC)CN(CC(CC)CCCC)c1cc(C)c(N=C2C=C(C(=O)N(C)CCCC)C(=O)c3ccccc32)c(C)c1. The number of rotatable bonds is 18.